The van der Waals surface area contributed by atoms with E-state index in [1.54, 1.807) is 0 Å². The van der Waals surface area contributed by atoms with Crippen LogP contribution in [0.5, 0.6) is 0 Å². The number of rotatable bonds is 8. The first-order valence-corrected chi connectivity index (χ1v) is 6.44. The summed E-state index contributed by atoms with van der Waals surface area (Å²) >= 11 is 5.75. The Morgan fingerprint density at radius 2 is 1.76 bits per heavy atom. The van der Waals surface area contributed by atoms with Crippen molar-refractivity contribution in [2.45, 2.75) is 18.9 Å². The number of nitrogens with two attached hydrogens (primary N) is 1. The molecule has 7 nitrogen and oxygen atoms in total. The first-order chi connectivity index (χ1) is 9.81. The van der Waals surface area contributed by atoms with E-state index >= 15 is 0 Å². The second-order valence-electron chi connectivity index (χ2n) is 4.36. The van der Waals surface area contributed by atoms with Crippen LogP contribution in [0.25, 0.3) is 0 Å². The number of amides is 1. The quantitative estimate of drug-likeness (QED) is 0.657. The van der Waals surface area contributed by atoms with Crippen molar-refractivity contribution >= 4 is 35.1 Å². The Labute approximate surface area is 125 Å². The predicted octanol–water partition coefficient (Wildman–Crippen LogP) is 0.950. The number of anilines is 1. The number of carbonyl (C=O) groups excluding carboxylic acids is 1. The van der Waals surface area contributed by atoms with Gasteiger partial charge in [0, 0.05) is 17.1 Å². The lowest BCUT2D eigenvalue weighted by molar-refractivity contribution is -0.139. The van der Waals surface area contributed by atoms with E-state index in [4.69, 9.17) is 22.4 Å². The smallest absolute Gasteiger partial charge is 0.326 e. The number of hydrogen-bond donors (Lipinski definition) is 3. The summed E-state index contributed by atoms with van der Waals surface area (Å²) in [5.74, 6) is -3.06. The molecule has 0 aliphatic rings. The lowest BCUT2D eigenvalue weighted by Gasteiger charge is -2.29. The van der Waals surface area contributed by atoms with Gasteiger partial charge in [-0.3, -0.25) is 9.59 Å². The maximum absolute atomic E-state index is 11.4. The van der Waals surface area contributed by atoms with Gasteiger partial charge in [0.25, 0.3) is 0 Å². The maximum Gasteiger partial charge on any atom is 0.326 e. The average Bonchev–Trinajstić information content (AvgIpc) is 2.37. The molecule has 8 heteroatoms. The topological polar surface area (TPSA) is 121 Å². The average molecular weight is 315 g/mol. The highest BCUT2D eigenvalue weighted by Gasteiger charge is 2.28. The van der Waals surface area contributed by atoms with E-state index in [1.807, 2.05) is 0 Å². The van der Waals surface area contributed by atoms with Gasteiger partial charge in [0.15, 0.2) is 0 Å². The van der Waals surface area contributed by atoms with Crippen LogP contribution in [-0.4, -0.2) is 40.6 Å². The van der Waals surface area contributed by atoms with Gasteiger partial charge in [0.05, 0.1) is 0 Å². The third kappa shape index (κ3) is 5.31. The van der Waals surface area contributed by atoms with Crippen molar-refractivity contribution in [2.24, 2.45) is 5.73 Å². The zero-order valence-electron chi connectivity index (χ0n) is 11.0. The number of halogens is 1. The van der Waals surface area contributed by atoms with Crippen molar-refractivity contribution in [1.29, 1.82) is 0 Å². The fraction of sp³-hybridized carbons (Fsp3) is 0.308. The van der Waals surface area contributed by atoms with E-state index in [0.29, 0.717) is 10.7 Å². The zero-order chi connectivity index (χ0) is 16.0. The van der Waals surface area contributed by atoms with Crippen LogP contribution in [0.15, 0.2) is 24.3 Å². The molecule has 0 aliphatic carbocycles. The molecule has 1 amide bonds. The molecule has 1 rings (SSSR count). The molecule has 114 valence electrons. The molecular weight excluding hydrogens is 300 g/mol. The monoisotopic (exact) mass is 314 g/mol. The number of benzene rings is 1. The van der Waals surface area contributed by atoms with Gasteiger partial charge in [-0.1, -0.05) is 11.6 Å². The highest BCUT2D eigenvalue weighted by atomic mass is 35.5. The van der Waals surface area contributed by atoms with Crippen LogP contribution < -0.4 is 10.6 Å². The van der Waals surface area contributed by atoms with Crippen molar-refractivity contribution < 1.29 is 24.6 Å². The zero-order valence-corrected chi connectivity index (χ0v) is 11.8. The molecule has 0 spiro atoms. The van der Waals surface area contributed by atoms with Gasteiger partial charge >= 0.3 is 11.9 Å². The summed E-state index contributed by atoms with van der Waals surface area (Å²) in [5.41, 5.74) is 5.40. The summed E-state index contributed by atoms with van der Waals surface area (Å²) in [7, 11) is 0. The number of primary amides is 1. The van der Waals surface area contributed by atoms with Crippen molar-refractivity contribution in [3.63, 3.8) is 0 Å². The summed E-state index contributed by atoms with van der Waals surface area (Å²) in [6, 6.07) is 4.92. The number of carboxylic acids is 2. The van der Waals surface area contributed by atoms with Crippen LogP contribution in [-0.2, 0) is 14.4 Å². The van der Waals surface area contributed by atoms with Crippen molar-refractivity contribution in [2.75, 3.05) is 11.4 Å². The normalized spacial score (nSPS) is 11.7. The molecule has 1 atom stereocenters. The number of carboxylic acid groups (broad SMARTS) is 2. The summed E-state index contributed by atoms with van der Waals surface area (Å²) in [5, 5.41) is 18.7. The van der Waals surface area contributed by atoms with Crippen molar-refractivity contribution in [3.8, 4) is 0 Å². The van der Waals surface area contributed by atoms with E-state index in [2.05, 4.69) is 0 Å². The molecule has 1 aromatic carbocycles. The van der Waals surface area contributed by atoms with E-state index in [0.717, 1.165) is 0 Å². The van der Waals surface area contributed by atoms with Crippen molar-refractivity contribution in [1.82, 2.24) is 0 Å². The van der Waals surface area contributed by atoms with Gasteiger partial charge in [-0.25, -0.2) is 4.79 Å². The molecule has 0 aromatic heterocycles. The van der Waals surface area contributed by atoms with Crippen LogP contribution in [0.1, 0.15) is 12.8 Å². The second kappa shape index (κ2) is 7.49. The third-order valence-electron chi connectivity index (χ3n) is 2.79. The second-order valence-corrected chi connectivity index (χ2v) is 4.79. The SMILES string of the molecule is NC(=O)CC[C@H](C(=O)O)N(CC(=O)O)c1ccc(Cl)cc1. The van der Waals surface area contributed by atoms with Crippen LogP contribution in [0.3, 0.4) is 0 Å². The third-order valence-corrected chi connectivity index (χ3v) is 3.04. The molecule has 4 N–H and O–H groups in total. The summed E-state index contributed by atoms with van der Waals surface area (Å²) in [6.07, 6.45) is -0.235. The molecule has 0 saturated carbocycles. The lowest BCUT2D eigenvalue weighted by Crippen LogP contribution is -2.44. The number of nitrogens with zero attached hydrogens (tertiary/aromatic N) is 1. The van der Waals surface area contributed by atoms with E-state index in [-0.39, 0.29) is 12.8 Å². The van der Waals surface area contributed by atoms with Crippen molar-refractivity contribution in [3.05, 3.63) is 29.3 Å². The molecule has 0 unspecified atom stereocenters. The Morgan fingerprint density at radius 3 is 2.19 bits per heavy atom. The molecular formula is C13H15ClN2O5. The number of hydrogen-bond acceptors (Lipinski definition) is 4. The molecule has 21 heavy (non-hydrogen) atoms. The Kier molecular flexibility index (Phi) is 5.98. The molecule has 0 radical (unpaired) electrons. The van der Waals surface area contributed by atoms with Gasteiger partial charge < -0.3 is 20.8 Å². The highest BCUT2D eigenvalue weighted by molar-refractivity contribution is 6.30. The number of aliphatic carboxylic acids is 2. The van der Waals surface area contributed by atoms with E-state index < -0.39 is 30.4 Å². The first-order valence-electron chi connectivity index (χ1n) is 6.06. The number of carbonyl (C=O) groups is 3. The highest BCUT2D eigenvalue weighted by Crippen LogP contribution is 2.22. The minimum atomic E-state index is -1.23. The minimum absolute atomic E-state index is 0.0828. The largest absolute Gasteiger partial charge is 0.480 e. The van der Waals surface area contributed by atoms with Crippen LogP contribution >= 0.6 is 11.6 Å². The van der Waals surface area contributed by atoms with Gasteiger partial charge in [-0.2, -0.15) is 0 Å². The fourth-order valence-electron chi connectivity index (χ4n) is 1.85. The molecule has 0 aliphatic heterocycles. The fourth-order valence-corrected chi connectivity index (χ4v) is 1.98. The van der Waals surface area contributed by atoms with Crippen LogP contribution in [0, 0.1) is 0 Å². The predicted molar refractivity (Wildman–Crippen MR) is 76.3 cm³/mol. The Balaban J connectivity index is 3.07. The lowest BCUT2D eigenvalue weighted by atomic mass is 10.1. The maximum atomic E-state index is 11.4. The van der Waals surface area contributed by atoms with Gasteiger partial charge in [-0.05, 0) is 30.7 Å². The van der Waals surface area contributed by atoms with Gasteiger partial charge in [-0.15, -0.1) is 0 Å². The minimum Gasteiger partial charge on any atom is -0.480 e. The molecule has 1 aromatic rings. The Morgan fingerprint density at radius 1 is 1.19 bits per heavy atom. The summed E-state index contributed by atoms with van der Waals surface area (Å²) in [4.78, 5) is 34.3. The standard InChI is InChI=1S/C13H15ClN2O5/c14-8-1-3-9(4-2-8)16(7-12(18)19)10(13(20)21)5-6-11(15)17/h1-4,10H,5-7H2,(H2,15,17)(H,18,19)(H,20,21)/t10-/m1/s1. The van der Waals surface area contributed by atoms with E-state index in [9.17, 15) is 19.5 Å². The first kappa shape index (κ1) is 16.8. The summed E-state index contributed by atoms with van der Waals surface area (Å²) in [6.45, 7) is -0.517. The molecule has 0 saturated heterocycles. The van der Waals surface area contributed by atoms with Crippen LogP contribution in [0.2, 0.25) is 5.02 Å². The Bertz CT molecular complexity index is 532. The summed E-state index contributed by atoms with van der Waals surface area (Å²) < 4.78 is 0. The Hall–Kier alpha value is -2.28. The van der Waals surface area contributed by atoms with Gasteiger partial charge in [0.1, 0.15) is 12.6 Å². The molecule has 0 bridgehead atoms. The molecule has 0 fully saturated rings. The van der Waals surface area contributed by atoms with E-state index in [1.165, 1.54) is 29.2 Å². The van der Waals surface area contributed by atoms with Gasteiger partial charge in [0.2, 0.25) is 5.91 Å². The molecule has 0 heterocycles. The van der Waals surface area contributed by atoms with Crippen LogP contribution in [0.4, 0.5) is 5.69 Å².